The highest BCUT2D eigenvalue weighted by Crippen LogP contribution is 2.28. The standard InChI is InChI=1S/C27H31N5O/c1-19-16-25(27(28)33)29-32(19)24-9-10-26-23(17-24)12-15-31(26)18-20-5-7-22(8-6-20)21-4-3-13-30(2)14-11-21/h5-10,12,15-17,21H,3-4,11,13-14,18H2,1-2H3,(H2,28,33). The summed E-state index contributed by atoms with van der Waals surface area (Å²) in [4.78, 5) is 13.9. The van der Waals surface area contributed by atoms with Crippen molar-refractivity contribution in [2.24, 2.45) is 5.73 Å². The summed E-state index contributed by atoms with van der Waals surface area (Å²) >= 11 is 0. The van der Waals surface area contributed by atoms with Gasteiger partial charge < -0.3 is 15.2 Å². The first kappa shape index (κ1) is 21.5. The number of rotatable bonds is 5. The molecule has 1 fully saturated rings. The molecule has 170 valence electrons. The Morgan fingerprint density at radius 3 is 2.64 bits per heavy atom. The van der Waals surface area contributed by atoms with Gasteiger partial charge in [0.25, 0.3) is 5.91 Å². The van der Waals surface area contributed by atoms with Crippen LogP contribution in [0.2, 0.25) is 0 Å². The van der Waals surface area contributed by atoms with E-state index in [9.17, 15) is 4.79 Å². The number of hydrogen-bond acceptors (Lipinski definition) is 3. The maximum atomic E-state index is 11.5. The highest BCUT2D eigenvalue weighted by molar-refractivity contribution is 5.91. The summed E-state index contributed by atoms with van der Waals surface area (Å²) < 4.78 is 4.04. The van der Waals surface area contributed by atoms with Gasteiger partial charge in [-0.05, 0) is 93.7 Å². The van der Waals surface area contributed by atoms with Gasteiger partial charge in [0, 0.05) is 29.3 Å². The summed E-state index contributed by atoms with van der Waals surface area (Å²) in [6.07, 6.45) is 5.94. The van der Waals surface area contributed by atoms with Gasteiger partial charge in [0.05, 0.1) is 5.69 Å². The van der Waals surface area contributed by atoms with Crippen LogP contribution in [0.1, 0.15) is 52.5 Å². The van der Waals surface area contributed by atoms with Gasteiger partial charge in [-0.1, -0.05) is 24.3 Å². The second kappa shape index (κ2) is 8.87. The fraction of sp³-hybridized carbons (Fsp3) is 0.333. The highest BCUT2D eigenvalue weighted by Gasteiger charge is 2.16. The number of carbonyl (C=O) groups excluding carboxylic acids is 1. The smallest absolute Gasteiger partial charge is 0.269 e. The average molecular weight is 442 g/mol. The topological polar surface area (TPSA) is 69.1 Å². The van der Waals surface area contributed by atoms with Gasteiger partial charge in [-0.3, -0.25) is 4.79 Å². The largest absolute Gasteiger partial charge is 0.364 e. The fourth-order valence-electron chi connectivity index (χ4n) is 4.98. The molecule has 0 bridgehead atoms. The third kappa shape index (κ3) is 4.44. The molecule has 2 N–H and O–H groups in total. The van der Waals surface area contributed by atoms with Crippen molar-refractivity contribution in [1.29, 1.82) is 0 Å². The fourth-order valence-corrected chi connectivity index (χ4v) is 4.98. The maximum Gasteiger partial charge on any atom is 0.269 e. The van der Waals surface area contributed by atoms with Crippen molar-refractivity contribution in [1.82, 2.24) is 19.2 Å². The lowest BCUT2D eigenvalue weighted by Crippen LogP contribution is -2.18. The molecule has 1 aliphatic rings. The Bertz CT molecular complexity index is 1280. The molecule has 6 heteroatoms. The molecule has 33 heavy (non-hydrogen) atoms. The summed E-state index contributed by atoms with van der Waals surface area (Å²) in [6.45, 7) is 5.16. The lowest BCUT2D eigenvalue weighted by Gasteiger charge is -2.16. The molecule has 2 aromatic carbocycles. The van der Waals surface area contributed by atoms with E-state index in [0.717, 1.165) is 23.3 Å². The van der Waals surface area contributed by atoms with E-state index in [4.69, 9.17) is 5.73 Å². The molecule has 1 atom stereocenters. The summed E-state index contributed by atoms with van der Waals surface area (Å²) in [5.74, 6) is 0.164. The number of aromatic nitrogens is 3. The van der Waals surface area contributed by atoms with Crippen molar-refractivity contribution >= 4 is 16.8 Å². The molecule has 2 aromatic heterocycles. The average Bonchev–Trinajstić information content (AvgIpc) is 3.32. The summed E-state index contributed by atoms with van der Waals surface area (Å²) in [5.41, 5.74) is 11.4. The minimum absolute atomic E-state index is 0.282. The van der Waals surface area contributed by atoms with Gasteiger partial charge in [0.15, 0.2) is 5.69 Å². The van der Waals surface area contributed by atoms with E-state index >= 15 is 0 Å². The van der Waals surface area contributed by atoms with Crippen molar-refractivity contribution in [3.8, 4) is 5.69 Å². The van der Waals surface area contributed by atoms with E-state index in [1.165, 1.54) is 49.0 Å². The molecule has 0 saturated carbocycles. The summed E-state index contributed by atoms with van der Waals surface area (Å²) in [5, 5.41) is 5.49. The van der Waals surface area contributed by atoms with Crippen molar-refractivity contribution in [3.63, 3.8) is 0 Å². The molecule has 6 nitrogen and oxygen atoms in total. The van der Waals surface area contributed by atoms with Gasteiger partial charge in [-0.15, -0.1) is 0 Å². The Hall–Kier alpha value is -3.38. The number of nitrogens with two attached hydrogens (primary N) is 1. The number of fused-ring (bicyclic) bond motifs is 1. The first-order chi connectivity index (χ1) is 16.0. The zero-order valence-electron chi connectivity index (χ0n) is 19.4. The summed E-state index contributed by atoms with van der Waals surface area (Å²) in [6, 6.07) is 19.3. The Kier molecular flexibility index (Phi) is 5.77. The molecule has 5 rings (SSSR count). The minimum atomic E-state index is -0.513. The van der Waals surface area contributed by atoms with E-state index in [-0.39, 0.29) is 5.69 Å². The Labute approximate surface area is 194 Å². The third-order valence-electron chi connectivity index (χ3n) is 6.89. The Balaban J connectivity index is 1.34. The molecule has 4 aromatic rings. The molecular weight excluding hydrogens is 410 g/mol. The van der Waals surface area contributed by atoms with Gasteiger partial charge in [0.1, 0.15) is 0 Å². The molecule has 1 aliphatic heterocycles. The van der Waals surface area contributed by atoms with Crippen LogP contribution < -0.4 is 5.73 Å². The number of likely N-dealkylation sites (tertiary alicyclic amines) is 1. The van der Waals surface area contributed by atoms with E-state index in [1.54, 1.807) is 10.7 Å². The van der Waals surface area contributed by atoms with Crippen LogP contribution in [0.5, 0.6) is 0 Å². The van der Waals surface area contributed by atoms with Crippen LogP contribution in [-0.2, 0) is 6.54 Å². The second-order valence-corrected chi connectivity index (χ2v) is 9.31. The predicted molar refractivity (Wildman–Crippen MR) is 132 cm³/mol. The van der Waals surface area contributed by atoms with E-state index in [0.29, 0.717) is 5.92 Å². The normalized spacial score (nSPS) is 17.3. The molecule has 0 aliphatic carbocycles. The van der Waals surface area contributed by atoms with Crippen LogP contribution in [0.25, 0.3) is 16.6 Å². The van der Waals surface area contributed by atoms with Crippen LogP contribution >= 0.6 is 0 Å². The molecule has 0 radical (unpaired) electrons. The van der Waals surface area contributed by atoms with Crippen LogP contribution in [0.3, 0.4) is 0 Å². The van der Waals surface area contributed by atoms with E-state index in [2.05, 4.69) is 70.3 Å². The summed E-state index contributed by atoms with van der Waals surface area (Å²) in [7, 11) is 2.23. The zero-order chi connectivity index (χ0) is 22.9. The van der Waals surface area contributed by atoms with Gasteiger partial charge >= 0.3 is 0 Å². The number of nitrogens with zero attached hydrogens (tertiary/aromatic N) is 4. The van der Waals surface area contributed by atoms with Crippen LogP contribution in [0, 0.1) is 6.92 Å². The molecule has 1 saturated heterocycles. The van der Waals surface area contributed by atoms with Gasteiger partial charge in [-0.2, -0.15) is 5.10 Å². The number of carbonyl (C=O) groups is 1. The quantitative estimate of drug-likeness (QED) is 0.496. The van der Waals surface area contributed by atoms with Crippen molar-refractivity contribution in [2.75, 3.05) is 20.1 Å². The van der Waals surface area contributed by atoms with E-state index < -0.39 is 5.91 Å². The zero-order valence-corrected chi connectivity index (χ0v) is 19.4. The second-order valence-electron chi connectivity index (χ2n) is 9.31. The molecule has 0 spiro atoms. The minimum Gasteiger partial charge on any atom is -0.364 e. The molecular formula is C27H31N5O. The Morgan fingerprint density at radius 2 is 1.88 bits per heavy atom. The third-order valence-corrected chi connectivity index (χ3v) is 6.89. The van der Waals surface area contributed by atoms with Crippen molar-refractivity contribution < 1.29 is 4.79 Å². The lowest BCUT2D eigenvalue weighted by molar-refractivity contribution is 0.0995. The van der Waals surface area contributed by atoms with Gasteiger partial charge in [0.2, 0.25) is 0 Å². The van der Waals surface area contributed by atoms with Gasteiger partial charge in [-0.25, -0.2) is 4.68 Å². The SMILES string of the molecule is Cc1cc(C(N)=O)nn1-c1ccc2c(ccn2Cc2ccc(C3CCCN(C)CC3)cc2)c1. The van der Waals surface area contributed by atoms with Crippen LogP contribution in [-0.4, -0.2) is 45.3 Å². The predicted octanol–water partition coefficient (Wildman–Crippen LogP) is 4.48. The molecule has 1 amide bonds. The number of aryl methyl sites for hydroxylation is 1. The first-order valence-corrected chi connectivity index (χ1v) is 11.7. The molecule has 1 unspecified atom stereocenters. The molecule has 3 heterocycles. The highest BCUT2D eigenvalue weighted by atomic mass is 16.1. The number of benzene rings is 2. The van der Waals surface area contributed by atoms with Crippen molar-refractivity contribution in [3.05, 3.63) is 83.3 Å². The van der Waals surface area contributed by atoms with Crippen molar-refractivity contribution in [2.45, 2.75) is 38.6 Å². The van der Waals surface area contributed by atoms with Crippen LogP contribution in [0.4, 0.5) is 0 Å². The number of hydrogen-bond donors (Lipinski definition) is 1. The number of primary amides is 1. The van der Waals surface area contributed by atoms with E-state index in [1.807, 2.05) is 13.0 Å². The lowest BCUT2D eigenvalue weighted by atomic mass is 9.91. The maximum absolute atomic E-state index is 11.5. The Morgan fingerprint density at radius 1 is 1.06 bits per heavy atom. The van der Waals surface area contributed by atoms with Crippen LogP contribution in [0.15, 0.2) is 60.8 Å². The monoisotopic (exact) mass is 441 g/mol. The first-order valence-electron chi connectivity index (χ1n) is 11.7. The number of amides is 1.